The molecule has 5 aromatic rings. The van der Waals surface area contributed by atoms with Gasteiger partial charge in [0.2, 0.25) is 0 Å². The van der Waals surface area contributed by atoms with Gasteiger partial charge in [0.25, 0.3) is 0 Å². The molecular weight excluding hydrogens is 364 g/mol. The molecule has 0 unspecified atom stereocenters. The first-order valence-corrected chi connectivity index (χ1v) is 9.23. The van der Waals surface area contributed by atoms with Crippen molar-refractivity contribution in [2.45, 2.75) is 6.92 Å². The van der Waals surface area contributed by atoms with Crippen LogP contribution < -0.4 is 11.0 Å². The lowest BCUT2D eigenvalue weighted by Gasteiger charge is -2.13. The molecule has 0 radical (unpaired) electrons. The number of para-hydroxylation sites is 2. The number of fused-ring (bicyclic) bond motifs is 4. The molecule has 0 fully saturated rings. The highest BCUT2D eigenvalue weighted by atomic mass is 16.1. The molecule has 0 aliphatic carbocycles. The van der Waals surface area contributed by atoms with Gasteiger partial charge >= 0.3 is 5.69 Å². The first-order chi connectivity index (χ1) is 14.0. The van der Waals surface area contributed by atoms with E-state index in [9.17, 15) is 10.1 Å². The molecule has 0 aliphatic rings. The van der Waals surface area contributed by atoms with E-state index < -0.39 is 0 Å². The first-order valence-electron chi connectivity index (χ1n) is 9.23. The predicted octanol–water partition coefficient (Wildman–Crippen LogP) is 3.60. The lowest BCUT2D eigenvalue weighted by molar-refractivity contribution is 0.795. The number of rotatable bonds is 2. The van der Waals surface area contributed by atoms with E-state index in [1.807, 2.05) is 59.9 Å². The van der Waals surface area contributed by atoms with Crippen molar-refractivity contribution in [1.29, 1.82) is 5.26 Å². The van der Waals surface area contributed by atoms with Gasteiger partial charge in [-0.05, 0) is 48.9 Å². The SMILES string of the molecule is Cc1cc(Nc2ccc3c(c2)n(C)c(=O)n3C)n2c(nc3ccccc32)c1C#N. The second-order valence-electron chi connectivity index (χ2n) is 7.19. The van der Waals surface area contributed by atoms with Crippen LogP contribution in [-0.2, 0) is 14.1 Å². The lowest BCUT2D eigenvalue weighted by Crippen LogP contribution is -2.19. The van der Waals surface area contributed by atoms with E-state index >= 15 is 0 Å². The van der Waals surface area contributed by atoms with Gasteiger partial charge in [0.05, 0.1) is 27.6 Å². The number of hydrogen-bond donors (Lipinski definition) is 1. The molecule has 5 rings (SSSR count). The van der Waals surface area contributed by atoms with Crippen molar-refractivity contribution in [1.82, 2.24) is 18.5 Å². The molecule has 7 heteroatoms. The van der Waals surface area contributed by atoms with Crippen LogP contribution in [0.25, 0.3) is 27.7 Å². The summed E-state index contributed by atoms with van der Waals surface area (Å²) in [6.07, 6.45) is 0. The minimum atomic E-state index is -0.0608. The summed E-state index contributed by atoms with van der Waals surface area (Å²) in [7, 11) is 3.53. The Morgan fingerprint density at radius 1 is 1.00 bits per heavy atom. The monoisotopic (exact) mass is 382 g/mol. The summed E-state index contributed by atoms with van der Waals surface area (Å²) in [5, 5.41) is 13.1. The fraction of sp³-hybridized carbons (Fsp3) is 0.136. The second-order valence-corrected chi connectivity index (χ2v) is 7.19. The van der Waals surface area contributed by atoms with E-state index in [-0.39, 0.29) is 5.69 Å². The van der Waals surface area contributed by atoms with E-state index in [1.54, 1.807) is 23.2 Å². The third-order valence-corrected chi connectivity index (χ3v) is 5.43. The van der Waals surface area contributed by atoms with E-state index in [2.05, 4.69) is 16.4 Å². The molecule has 7 nitrogen and oxygen atoms in total. The first kappa shape index (κ1) is 17.1. The summed E-state index contributed by atoms with van der Waals surface area (Å²) in [6.45, 7) is 1.91. The summed E-state index contributed by atoms with van der Waals surface area (Å²) >= 11 is 0. The largest absolute Gasteiger partial charge is 0.341 e. The number of anilines is 2. The summed E-state index contributed by atoms with van der Waals surface area (Å²) in [4.78, 5) is 16.9. The zero-order chi connectivity index (χ0) is 20.3. The van der Waals surface area contributed by atoms with Gasteiger partial charge in [-0.1, -0.05) is 12.1 Å². The Morgan fingerprint density at radius 3 is 2.55 bits per heavy atom. The van der Waals surface area contributed by atoms with E-state index in [0.29, 0.717) is 11.2 Å². The normalized spacial score (nSPS) is 11.4. The number of aromatic nitrogens is 4. The van der Waals surface area contributed by atoms with Gasteiger partial charge in [0.1, 0.15) is 11.9 Å². The molecular formula is C22H18N6O. The minimum Gasteiger partial charge on any atom is -0.341 e. The summed E-state index contributed by atoms with van der Waals surface area (Å²) in [5.41, 5.74) is 6.31. The number of imidazole rings is 2. The smallest absolute Gasteiger partial charge is 0.328 e. The maximum Gasteiger partial charge on any atom is 0.328 e. The standard InChI is InChI=1S/C22H18N6O/c1-13-10-20(24-14-8-9-18-19(11-14)27(3)22(29)26(18)2)28-17-7-5-4-6-16(17)25-21(28)15(13)12-23/h4-11,24H,1-3H3. The highest BCUT2D eigenvalue weighted by Crippen LogP contribution is 2.29. The summed E-state index contributed by atoms with van der Waals surface area (Å²) in [6, 6.07) is 17.9. The van der Waals surface area contributed by atoms with Crippen LogP contribution >= 0.6 is 0 Å². The Kier molecular flexibility index (Phi) is 3.52. The van der Waals surface area contributed by atoms with Crippen LogP contribution in [0.2, 0.25) is 0 Å². The molecule has 1 N–H and O–H groups in total. The maximum atomic E-state index is 12.2. The number of pyridine rings is 1. The van der Waals surface area contributed by atoms with Gasteiger partial charge in [0.15, 0.2) is 5.65 Å². The van der Waals surface area contributed by atoms with Crippen molar-refractivity contribution < 1.29 is 0 Å². The van der Waals surface area contributed by atoms with Gasteiger partial charge in [-0.25, -0.2) is 9.78 Å². The number of nitriles is 1. The fourth-order valence-corrected chi connectivity index (χ4v) is 3.92. The zero-order valence-electron chi connectivity index (χ0n) is 16.3. The number of nitrogens with zero attached hydrogens (tertiary/aromatic N) is 5. The Labute approximate surface area is 166 Å². The second kappa shape index (κ2) is 5.97. The Bertz CT molecular complexity index is 1540. The molecule has 3 heterocycles. The van der Waals surface area contributed by atoms with E-state index in [1.165, 1.54) is 0 Å². The fourth-order valence-electron chi connectivity index (χ4n) is 3.92. The van der Waals surface area contributed by atoms with Crippen LogP contribution in [0.3, 0.4) is 0 Å². The van der Waals surface area contributed by atoms with Crippen LogP contribution in [0, 0.1) is 18.3 Å². The molecule has 2 aromatic carbocycles. The number of hydrogen-bond acceptors (Lipinski definition) is 4. The minimum absolute atomic E-state index is 0.0608. The Balaban J connectivity index is 1.76. The molecule has 0 aliphatic heterocycles. The molecule has 3 aromatic heterocycles. The lowest BCUT2D eigenvalue weighted by atomic mass is 10.1. The molecule has 0 bridgehead atoms. The average molecular weight is 382 g/mol. The van der Waals surface area contributed by atoms with Gasteiger partial charge in [0, 0.05) is 19.8 Å². The van der Waals surface area contributed by atoms with Crippen LogP contribution in [0.1, 0.15) is 11.1 Å². The average Bonchev–Trinajstić information content (AvgIpc) is 3.20. The topological polar surface area (TPSA) is 80.1 Å². The molecule has 0 atom stereocenters. The molecule has 0 spiro atoms. The summed E-state index contributed by atoms with van der Waals surface area (Å²) in [5.74, 6) is 0.811. The van der Waals surface area contributed by atoms with Crippen molar-refractivity contribution in [3.05, 3.63) is 70.1 Å². The third-order valence-electron chi connectivity index (χ3n) is 5.43. The van der Waals surface area contributed by atoms with E-state index in [0.717, 1.165) is 39.1 Å². The quantitative estimate of drug-likeness (QED) is 0.506. The Hall–Kier alpha value is -4.05. The molecule has 0 saturated heterocycles. The van der Waals surface area contributed by atoms with Crippen molar-refractivity contribution in [2.75, 3.05) is 5.32 Å². The molecule has 142 valence electrons. The van der Waals surface area contributed by atoms with Crippen LogP contribution in [0.15, 0.2) is 53.3 Å². The highest BCUT2D eigenvalue weighted by Gasteiger charge is 2.16. The van der Waals surface area contributed by atoms with Crippen LogP contribution in [-0.4, -0.2) is 18.5 Å². The van der Waals surface area contributed by atoms with E-state index in [4.69, 9.17) is 0 Å². The molecule has 0 saturated carbocycles. The van der Waals surface area contributed by atoms with Gasteiger partial charge < -0.3 is 5.32 Å². The van der Waals surface area contributed by atoms with Crippen molar-refractivity contribution in [2.24, 2.45) is 14.1 Å². The molecule has 29 heavy (non-hydrogen) atoms. The number of benzene rings is 2. The van der Waals surface area contributed by atoms with Gasteiger partial charge in [-0.15, -0.1) is 0 Å². The summed E-state index contributed by atoms with van der Waals surface area (Å²) < 4.78 is 5.23. The van der Waals surface area contributed by atoms with Crippen LogP contribution in [0.5, 0.6) is 0 Å². The van der Waals surface area contributed by atoms with Crippen molar-refractivity contribution in [3.8, 4) is 6.07 Å². The number of aryl methyl sites for hydroxylation is 3. The molecule has 0 amide bonds. The third kappa shape index (κ3) is 2.36. The van der Waals surface area contributed by atoms with Gasteiger partial charge in [-0.2, -0.15) is 5.26 Å². The zero-order valence-corrected chi connectivity index (χ0v) is 16.3. The van der Waals surface area contributed by atoms with Crippen LogP contribution in [0.4, 0.5) is 11.5 Å². The highest BCUT2D eigenvalue weighted by molar-refractivity contribution is 5.87. The van der Waals surface area contributed by atoms with Crippen molar-refractivity contribution in [3.63, 3.8) is 0 Å². The Morgan fingerprint density at radius 2 is 1.76 bits per heavy atom. The van der Waals surface area contributed by atoms with Crippen molar-refractivity contribution >= 4 is 39.2 Å². The predicted molar refractivity (Wildman–Crippen MR) is 114 cm³/mol. The maximum absolute atomic E-state index is 12.2. The van der Waals surface area contributed by atoms with Gasteiger partial charge in [-0.3, -0.25) is 13.5 Å². The number of nitrogens with one attached hydrogen (secondary N) is 1.